The highest BCUT2D eigenvalue weighted by atomic mass is 16.5. The predicted octanol–water partition coefficient (Wildman–Crippen LogP) is 4.14. The minimum atomic E-state index is -0.905. The number of amides is 1. The van der Waals surface area contributed by atoms with E-state index in [0.29, 0.717) is 43.7 Å². The molecule has 4 saturated carbocycles. The zero-order chi connectivity index (χ0) is 24.3. The molecular formula is C27H44N2O5. The van der Waals surface area contributed by atoms with Gasteiger partial charge in [-0.1, -0.05) is 44.9 Å². The summed E-state index contributed by atoms with van der Waals surface area (Å²) < 4.78 is 5.31. The molecular weight excluding hydrogens is 432 g/mol. The Balaban J connectivity index is 1.42. The second kappa shape index (κ2) is 11.0. The molecule has 5 fully saturated rings. The van der Waals surface area contributed by atoms with E-state index in [-0.39, 0.29) is 17.3 Å². The van der Waals surface area contributed by atoms with Gasteiger partial charge < -0.3 is 14.7 Å². The number of esters is 1. The van der Waals surface area contributed by atoms with E-state index in [1.165, 1.54) is 57.8 Å². The molecule has 0 radical (unpaired) electrons. The van der Waals surface area contributed by atoms with Gasteiger partial charge in [-0.3, -0.25) is 14.9 Å². The molecule has 0 aromatic heterocycles. The Morgan fingerprint density at radius 1 is 1.06 bits per heavy atom. The Morgan fingerprint density at radius 2 is 1.76 bits per heavy atom. The number of carbonyl (C=O) groups excluding carboxylic acids is 2. The maximum absolute atomic E-state index is 13.6. The van der Waals surface area contributed by atoms with Crippen LogP contribution in [0.1, 0.15) is 97.3 Å². The lowest BCUT2D eigenvalue weighted by molar-refractivity contribution is -0.150. The van der Waals surface area contributed by atoms with Crippen LogP contribution in [0.2, 0.25) is 0 Å². The first-order chi connectivity index (χ1) is 16.3. The van der Waals surface area contributed by atoms with Crippen molar-refractivity contribution in [2.45, 2.75) is 115 Å². The molecule has 2 bridgehead atoms. The summed E-state index contributed by atoms with van der Waals surface area (Å²) in [5.41, 5.74) is -0.0405. The zero-order valence-electron chi connectivity index (χ0n) is 21.1. The number of aliphatic carboxylic acids is 1. The molecule has 1 heterocycles. The van der Waals surface area contributed by atoms with Crippen molar-refractivity contribution in [2.24, 2.45) is 23.2 Å². The molecule has 3 unspecified atom stereocenters. The van der Waals surface area contributed by atoms with Gasteiger partial charge >= 0.3 is 11.9 Å². The third-order valence-corrected chi connectivity index (χ3v) is 9.42. The van der Waals surface area contributed by atoms with Gasteiger partial charge in [0.15, 0.2) is 0 Å². The number of carboxylic acids is 1. The molecule has 1 spiro atoms. The number of carbonyl (C=O) groups is 3. The minimum Gasteiger partial charge on any atom is -0.480 e. The lowest BCUT2D eigenvalue weighted by Crippen LogP contribution is -2.54. The molecule has 34 heavy (non-hydrogen) atoms. The maximum atomic E-state index is 13.6. The molecule has 0 aromatic rings. The molecule has 5 rings (SSSR count). The Labute approximate surface area is 204 Å². The molecule has 0 aromatic carbocycles. The summed E-state index contributed by atoms with van der Waals surface area (Å²) in [6.45, 7) is 4.42. The van der Waals surface area contributed by atoms with E-state index in [2.05, 4.69) is 5.32 Å². The Hall–Kier alpha value is -1.63. The molecule has 4 atom stereocenters. The highest BCUT2D eigenvalue weighted by Gasteiger charge is 2.56. The van der Waals surface area contributed by atoms with Crippen LogP contribution in [0, 0.1) is 23.2 Å². The van der Waals surface area contributed by atoms with Crippen molar-refractivity contribution in [2.75, 3.05) is 13.2 Å². The van der Waals surface area contributed by atoms with E-state index in [0.717, 1.165) is 12.8 Å². The van der Waals surface area contributed by atoms with Gasteiger partial charge in [0.2, 0.25) is 5.91 Å². The second-order valence-electron chi connectivity index (χ2n) is 11.6. The van der Waals surface area contributed by atoms with Gasteiger partial charge in [-0.15, -0.1) is 0 Å². The van der Waals surface area contributed by atoms with E-state index in [4.69, 9.17) is 4.74 Å². The van der Waals surface area contributed by atoms with Gasteiger partial charge in [0.05, 0.1) is 12.6 Å². The van der Waals surface area contributed by atoms with Crippen molar-refractivity contribution >= 4 is 17.8 Å². The highest BCUT2D eigenvalue weighted by Crippen LogP contribution is 2.58. The van der Waals surface area contributed by atoms with E-state index < -0.39 is 24.1 Å². The van der Waals surface area contributed by atoms with E-state index in [1.807, 2.05) is 0 Å². The topological polar surface area (TPSA) is 95.9 Å². The fourth-order valence-corrected chi connectivity index (χ4v) is 7.64. The van der Waals surface area contributed by atoms with Crippen LogP contribution in [0.15, 0.2) is 0 Å². The standard InChI is InChI=1S/C27H44N2O5/c1-3-34-26(33)22(14-11-19-7-5-4-6-8-19)28-18(2)24(30)29-17-27(16-23(29)25(31)32)15-20-9-12-21(27)13-10-20/h18-23,28H,3-17H2,1-2H3,(H,31,32)/t18-,20?,21?,22?,23?,27?/m0/s1. The van der Waals surface area contributed by atoms with E-state index >= 15 is 0 Å². The van der Waals surface area contributed by atoms with Crippen LogP contribution in [-0.2, 0) is 19.1 Å². The lowest BCUT2D eigenvalue weighted by atomic mass is 9.55. The fraction of sp³-hybridized carbons (Fsp3) is 0.889. The van der Waals surface area contributed by atoms with Crippen molar-refractivity contribution < 1.29 is 24.2 Å². The summed E-state index contributed by atoms with van der Waals surface area (Å²) in [4.78, 5) is 40.0. The summed E-state index contributed by atoms with van der Waals surface area (Å²) in [5, 5.41) is 13.2. The number of fused-ring (bicyclic) bond motifs is 2. The van der Waals surface area contributed by atoms with Gasteiger partial charge in [-0.2, -0.15) is 0 Å². The van der Waals surface area contributed by atoms with Crippen LogP contribution in [0.5, 0.6) is 0 Å². The number of nitrogens with zero attached hydrogens (tertiary/aromatic N) is 1. The molecule has 7 nitrogen and oxygen atoms in total. The summed E-state index contributed by atoms with van der Waals surface area (Å²) in [6, 6.07) is -1.93. The number of ether oxygens (including phenoxy) is 1. The third-order valence-electron chi connectivity index (χ3n) is 9.42. The molecule has 7 heteroatoms. The van der Waals surface area contributed by atoms with E-state index in [1.54, 1.807) is 18.7 Å². The van der Waals surface area contributed by atoms with Crippen molar-refractivity contribution in [1.29, 1.82) is 0 Å². The van der Waals surface area contributed by atoms with Gasteiger partial charge in [0.25, 0.3) is 0 Å². The third kappa shape index (κ3) is 5.44. The molecule has 1 aliphatic heterocycles. The fourth-order valence-electron chi connectivity index (χ4n) is 7.64. The van der Waals surface area contributed by atoms with Gasteiger partial charge in [0, 0.05) is 6.54 Å². The number of likely N-dealkylation sites (tertiary alicyclic amines) is 1. The van der Waals surface area contributed by atoms with Gasteiger partial charge in [0.1, 0.15) is 12.1 Å². The van der Waals surface area contributed by atoms with Crippen LogP contribution < -0.4 is 5.32 Å². The second-order valence-corrected chi connectivity index (χ2v) is 11.6. The number of rotatable bonds is 9. The molecule has 5 aliphatic rings. The van der Waals surface area contributed by atoms with Crippen molar-refractivity contribution in [3.8, 4) is 0 Å². The average Bonchev–Trinajstić information content (AvgIpc) is 3.21. The monoisotopic (exact) mass is 476 g/mol. The Kier molecular flexibility index (Phi) is 8.21. The summed E-state index contributed by atoms with van der Waals surface area (Å²) in [6.07, 6.45) is 14.3. The number of hydrogen-bond donors (Lipinski definition) is 2. The summed E-state index contributed by atoms with van der Waals surface area (Å²) in [5.74, 6) is 0.433. The first-order valence-electron chi connectivity index (χ1n) is 13.8. The summed E-state index contributed by atoms with van der Waals surface area (Å²) in [7, 11) is 0. The van der Waals surface area contributed by atoms with Crippen LogP contribution in [0.3, 0.4) is 0 Å². The molecule has 1 amide bonds. The number of carboxylic acid groups (broad SMARTS) is 1. The van der Waals surface area contributed by atoms with Crippen molar-refractivity contribution in [3.63, 3.8) is 0 Å². The quantitative estimate of drug-likeness (QED) is 0.486. The van der Waals surface area contributed by atoms with Crippen LogP contribution in [0.4, 0.5) is 0 Å². The first kappa shape index (κ1) is 25.5. The maximum Gasteiger partial charge on any atom is 0.326 e. The molecule has 4 aliphatic carbocycles. The zero-order valence-corrected chi connectivity index (χ0v) is 21.1. The lowest BCUT2D eigenvalue weighted by Gasteiger charge is -2.50. The smallest absolute Gasteiger partial charge is 0.326 e. The number of nitrogens with one attached hydrogen (secondary N) is 1. The highest BCUT2D eigenvalue weighted by molar-refractivity contribution is 5.88. The van der Waals surface area contributed by atoms with Crippen LogP contribution >= 0.6 is 0 Å². The molecule has 1 saturated heterocycles. The Bertz CT molecular complexity index is 743. The summed E-state index contributed by atoms with van der Waals surface area (Å²) >= 11 is 0. The van der Waals surface area contributed by atoms with Gasteiger partial charge in [-0.05, 0) is 75.5 Å². The van der Waals surface area contributed by atoms with Crippen molar-refractivity contribution in [1.82, 2.24) is 10.2 Å². The molecule has 192 valence electrons. The minimum absolute atomic E-state index is 0.0405. The first-order valence-corrected chi connectivity index (χ1v) is 13.8. The molecule has 2 N–H and O–H groups in total. The average molecular weight is 477 g/mol. The Morgan fingerprint density at radius 3 is 2.35 bits per heavy atom. The number of hydrogen-bond acceptors (Lipinski definition) is 5. The van der Waals surface area contributed by atoms with Gasteiger partial charge in [-0.25, -0.2) is 4.79 Å². The predicted molar refractivity (Wildman–Crippen MR) is 129 cm³/mol. The SMILES string of the molecule is CCOC(=O)C(CCC1CCCCC1)N[C@@H](C)C(=O)N1CC2(CC3CCC2CC3)CC1C(=O)O. The largest absolute Gasteiger partial charge is 0.480 e. The van der Waals surface area contributed by atoms with E-state index in [9.17, 15) is 19.5 Å². The van der Waals surface area contributed by atoms with Crippen LogP contribution in [-0.4, -0.2) is 59.1 Å². The normalized spacial score (nSPS) is 33.1. The van der Waals surface area contributed by atoms with Crippen LogP contribution in [0.25, 0.3) is 0 Å². The van der Waals surface area contributed by atoms with Crippen molar-refractivity contribution in [3.05, 3.63) is 0 Å².